The largest absolute Gasteiger partial charge is 0.495 e. The Kier molecular flexibility index (Phi) is 4.97. The Bertz CT molecular complexity index is 391. The van der Waals surface area contributed by atoms with E-state index in [4.69, 9.17) is 10.5 Å². The second-order valence-corrected chi connectivity index (χ2v) is 3.89. The normalized spacial score (nSPS) is 12.0. The van der Waals surface area contributed by atoms with Gasteiger partial charge in [0.05, 0.1) is 18.8 Å². The van der Waals surface area contributed by atoms with Gasteiger partial charge in [-0.05, 0) is 30.5 Å². The van der Waals surface area contributed by atoms with Crippen LogP contribution < -0.4 is 15.8 Å². The lowest BCUT2D eigenvalue weighted by Gasteiger charge is -2.14. The number of anilines is 1. The van der Waals surface area contributed by atoms with Crippen molar-refractivity contribution in [3.63, 3.8) is 0 Å². The predicted octanol–water partition coefficient (Wildman–Crippen LogP) is 1.93. The quantitative estimate of drug-likeness (QED) is 0.821. The number of methoxy groups -OCH3 is 1. The summed E-state index contributed by atoms with van der Waals surface area (Å²) >= 11 is 0. The monoisotopic (exact) mass is 236 g/mol. The first-order valence-electron chi connectivity index (χ1n) is 5.85. The van der Waals surface area contributed by atoms with E-state index in [1.165, 1.54) is 0 Å². The van der Waals surface area contributed by atoms with Gasteiger partial charge >= 0.3 is 0 Å². The molecule has 17 heavy (non-hydrogen) atoms. The molecule has 1 aromatic rings. The molecule has 0 radical (unpaired) electrons. The summed E-state index contributed by atoms with van der Waals surface area (Å²) in [4.78, 5) is 11.7. The van der Waals surface area contributed by atoms with E-state index < -0.39 is 6.04 Å². The molecule has 0 saturated carbocycles. The zero-order valence-corrected chi connectivity index (χ0v) is 10.6. The van der Waals surface area contributed by atoms with Crippen LogP contribution in [0, 0.1) is 0 Å². The molecule has 0 fully saturated rings. The van der Waals surface area contributed by atoms with Crippen LogP contribution in [-0.4, -0.2) is 19.1 Å². The molecular formula is C13H20N2O2. The maximum Gasteiger partial charge on any atom is 0.241 e. The lowest BCUT2D eigenvalue weighted by Crippen LogP contribution is -2.34. The Labute approximate surface area is 102 Å². The Morgan fingerprint density at radius 1 is 1.47 bits per heavy atom. The van der Waals surface area contributed by atoms with Gasteiger partial charge in [0.2, 0.25) is 5.91 Å². The van der Waals surface area contributed by atoms with Gasteiger partial charge in [0.1, 0.15) is 5.75 Å². The molecule has 1 atom stereocenters. The Balaban J connectivity index is 2.91. The SMILES string of the molecule is CCc1ccc(OC)c(NC(=O)[C@@H](N)CC)c1. The molecule has 4 heteroatoms. The maximum atomic E-state index is 11.7. The molecule has 0 heterocycles. The summed E-state index contributed by atoms with van der Waals surface area (Å²) in [6, 6.07) is 5.27. The molecule has 0 aromatic heterocycles. The molecule has 1 rings (SSSR count). The number of benzene rings is 1. The van der Waals surface area contributed by atoms with Crippen LogP contribution in [0.2, 0.25) is 0 Å². The highest BCUT2D eigenvalue weighted by Crippen LogP contribution is 2.25. The number of hydrogen-bond donors (Lipinski definition) is 2. The van der Waals surface area contributed by atoms with E-state index in [2.05, 4.69) is 12.2 Å². The van der Waals surface area contributed by atoms with Gasteiger partial charge in [-0.3, -0.25) is 4.79 Å². The third-order valence-corrected chi connectivity index (χ3v) is 2.71. The molecule has 0 aliphatic heterocycles. The lowest BCUT2D eigenvalue weighted by atomic mass is 10.1. The molecule has 94 valence electrons. The van der Waals surface area contributed by atoms with Crippen LogP contribution in [0.1, 0.15) is 25.8 Å². The van der Waals surface area contributed by atoms with Crippen LogP contribution in [0.25, 0.3) is 0 Å². The number of aryl methyl sites for hydroxylation is 1. The molecule has 3 N–H and O–H groups in total. The van der Waals surface area contributed by atoms with Crippen LogP contribution in [0.4, 0.5) is 5.69 Å². The van der Waals surface area contributed by atoms with Gasteiger partial charge < -0.3 is 15.8 Å². The van der Waals surface area contributed by atoms with Gasteiger partial charge in [-0.15, -0.1) is 0 Å². The molecule has 0 bridgehead atoms. The summed E-state index contributed by atoms with van der Waals surface area (Å²) in [6.45, 7) is 3.94. The van der Waals surface area contributed by atoms with Crippen molar-refractivity contribution >= 4 is 11.6 Å². The van der Waals surface area contributed by atoms with Gasteiger partial charge in [-0.1, -0.05) is 19.9 Å². The fraction of sp³-hybridized carbons (Fsp3) is 0.462. The zero-order chi connectivity index (χ0) is 12.8. The Morgan fingerprint density at radius 2 is 2.18 bits per heavy atom. The highest BCUT2D eigenvalue weighted by Gasteiger charge is 2.13. The van der Waals surface area contributed by atoms with Crippen molar-refractivity contribution in [2.75, 3.05) is 12.4 Å². The van der Waals surface area contributed by atoms with Crippen molar-refractivity contribution in [2.45, 2.75) is 32.7 Å². The lowest BCUT2D eigenvalue weighted by molar-refractivity contribution is -0.117. The fourth-order valence-electron chi connectivity index (χ4n) is 1.48. The van der Waals surface area contributed by atoms with Crippen LogP contribution in [0.5, 0.6) is 5.75 Å². The van der Waals surface area contributed by atoms with Crippen LogP contribution in [0.3, 0.4) is 0 Å². The van der Waals surface area contributed by atoms with E-state index in [0.29, 0.717) is 17.9 Å². The fourth-order valence-corrected chi connectivity index (χ4v) is 1.48. The Hall–Kier alpha value is -1.55. The van der Waals surface area contributed by atoms with Gasteiger partial charge in [0.25, 0.3) is 0 Å². The first kappa shape index (κ1) is 13.5. The number of carbonyl (C=O) groups is 1. The number of amides is 1. The molecule has 0 aliphatic carbocycles. The minimum atomic E-state index is -0.481. The molecular weight excluding hydrogens is 216 g/mol. The van der Waals surface area contributed by atoms with Crippen LogP contribution >= 0.6 is 0 Å². The average Bonchev–Trinajstić information content (AvgIpc) is 2.37. The van der Waals surface area contributed by atoms with Crippen molar-refractivity contribution in [3.05, 3.63) is 23.8 Å². The second-order valence-electron chi connectivity index (χ2n) is 3.89. The number of ether oxygens (including phenoxy) is 1. The van der Waals surface area contributed by atoms with E-state index in [-0.39, 0.29) is 5.91 Å². The first-order valence-corrected chi connectivity index (χ1v) is 5.85. The Morgan fingerprint density at radius 3 is 2.71 bits per heavy atom. The minimum Gasteiger partial charge on any atom is -0.495 e. The van der Waals surface area contributed by atoms with E-state index in [0.717, 1.165) is 12.0 Å². The molecule has 1 amide bonds. The standard InChI is InChI=1S/C13H20N2O2/c1-4-9-6-7-12(17-3)11(8-9)15-13(16)10(14)5-2/h6-8,10H,4-5,14H2,1-3H3,(H,15,16)/t10-/m0/s1. The van der Waals surface area contributed by atoms with Gasteiger partial charge in [0.15, 0.2) is 0 Å². The summed E-state index contributed by atoms with van der Waals surface area (Å²) in [5.74, 6) is 0.470. The van der Waals surface area contributed by atoms with Gasteiger partial charge in [-0.25, -0.2) is 0 Å². The number of carbonyl (C=O) groups excluding carboxylic acids is 1. The molecule has 0 saturated heterocycles. The smallest absolute Gasteiger partial charge is 0.241 e. The second kappa shape index (κ2) is 6.25. The molecule has 1 aromatic carbocycles. The third kappa shape index (κ3) is 3.46. The minimum absolute atomic E-state index is 0.181. The highest BCUT2D eigenvalue weighted by molar-refractivity contribution is 5.96. The van der Waals surface area contributed by atoms with Crippen LogP contribution in [-0.2, 0) is 11.2 Å². The summed E-state index contributed by atoms with van der Waals surface area (Å²) in [5, 5.41) is 2.80. The summed E-state index contributed by atoms with van der Waals surface area (Å²) in [5.41, 5.74) is 7.50. The van der Waals surface area contributed by atoms with Crippen molar-refractivity contribution in [2.24, 2.45) is 5.73 Å². The topological polar surface area (TPSA) is 64.3 Å². The van der Waals surface area contributed by atoms with E-state index in [1.807, 2.05) is 25.1 Å². The van der Waals surface area contributed by atoms with Crippen molar-refractivity contribution in [1.29, 1.82) is 0 Å². The summed E-state index contributed by atoms with van der Waals surface area (Å²) < 4.78 is 5.20. The van der Waals surface area contributed by atoms with Gasteiger partial charge in [0, 0.05) is 0 Å². The number of nitrogens with two attached hydrogens (primary N) is 1. The number of rotatable bonds is 5. The average molecular weight is 236 g/mol. The van der Waals surface area contributed by atoms with E-state index in [9.17, 15) is 4.79 Å². The van der Waals surface area contributed by atoms with E-state index in [1.54, 1.807) is 7.11 Å². The zero-order valence-electron chi connectivity index (χ0n) is 10.6. The van der Waals surface area contributed by atoms with Crippen molar-refractivity contribution < 1.29 is 9.53 Å². The predicted molar refractivity (Wildman–Crippen MR) is 69.3 cm³/mol. The van der Waals surface area contributed by atoms with E-state index >= 15 is 0 Å². The van der Waals surface area contributed by atoms with Crippen molar-refractivity contribution in [3.8, 4) is 5.75 Å². The molecule has 0 spiro atoms. The highest BCUT2D eigenvalue weighted by atomic mass is 16.5. The molecule has 4 nitrogen and oxygen atoms in total. The number of nitrogens with one attached hydrogen (secondary N) is 1. The van der Waals surface area contributed by atoms with Crippen molar-refractivity contribution in [1.82, 2.24) is 0 Å². The number of hydrogen-bond acceptors (Lipinski definition) is 3. The summed E-state index contributed by atoms with van der Waals surface area (Å²) in [6.07, 6.45) is 1.52. The third-order valence-electron chi connectivity index (χ3n) is 2.71. The van der Waals surface area contributed by atoms with Crippen LogP contribution in [0.15, 0.2) is 18.2 Å². The van der Waals surface area contributed by atoms with Gasteiger partial charge in [-0.2, -0.15) is 0 Å². The maximum absolute atomic E-state index is 11.7. The molecule has 0 unspecified atom stereocenters. The molecule has 0 aliphatic rings. The summed E-state index contributed by atoms with van der Waals surface area (Å²) in [7, 11) is 1.58. The first-order chi connectivity index (χ1) is 8.12.